The van der Waals surface area contributed by atoms with E-state index in [4.69, 9.17) is 0 Å². The molecular weight excluding hydrogens is 296 g/mol. The van der Waals surface area contributed by atoms with Gasteiger partial charge in [-0.2, -0.15) is 0 Å². The second-order valence-corrected chi connectivity index (χ2v) is 5.06. The van der Waals surface area contributed by atoms with E-state index in [1.54, 1.807) is 0 Å². The van der Waals surface area contributed by atoms with Gasteiger partial charge in [0, 0.05) is 5.69 Å². The normalized spacial score (nSPS) is 11.4. The van der Waals surface area contributed by atoms with Gasteiger partial charge >= 0.3 is 29.6 Å². The third-order valence-electron chi connectivity index (χ3n) is 3.18. The number of alkyl halides is 1. The minimum absolute atomic E-state index is 0. The van der Waals surface area contributed by atoms with E-state index in [1.165, 1.54) is 24.3 Å². The fourth-order valence-electron chi connectivity index (χ4n) is 2.00. The van der Waals surface area contributed by atoms with Gasteiger partial charge in [0.1, 0.15) is 6.17 Å². The van der Waals surface area contributed by atoms with Crippen molar-refractivity contribution in [3.63, 3.8) is 0 Å². The van der Waals surface area contributed by atoms with Crippen LogP contribution in [0.25, 0.3) is 0 Å². The molecule has 0 aliphatic carbocycles. The summed E-state index contributed by atoms with van der Waals surface area (Å²) in [6.07, 6.45) is 3.06. The van der Waals surface area contributed by atoms with Crippen molar-refractivity contribution in [3.8, 4) is 0 Å². The molecule has 0 bridgehead atoms. The number of nitrogens with one attached hydrogen (secondary N) is 1. The molecule has 0 heterocycles. The number of benzene rings is 1. The summed E-state index contributed by atoms with van der Waals surface area (Å²) in [6.45, 7) is 2.09. The summed E-state index contributed by atoms with van der Waals surface area (Å²) in [5.74, 6) is -1.68. The third-order valence-corrected chi connectivity index (χ3v) is 3.18. The summed E-state index contributed by atoms with van der Waals surface area (Å²) in [5.41, 5.74) is 0.482. The van der Waals surface area contributed by atoms with Crippen LogP contribution < -0.4 is 40.0 Å². The zero-order chi connectivity index (χ0) is 15.7. The average Bonchev–Trinajstić information content (AvgIpc) is 2.44. The molecule has 0 aliphatic heterocycles. The van der Waals surface area contributed by atoms with Crippen LogP contribution >= 0.6 is 0 Å². The Hall–Kier alpha value is -0.910. The quantitative estimate of drug-likeness (QED) is 0.502. The van der Waals surface area contributed by atoms with Crippen molar-refractivity contribution in [2.45, 2.75) is 51.6 Å². The SMILES string of the molecule is CCCCCCC(F)CC(=O)Nc1ccc(C(=O)[O-])cc1.[Na+]. The minimum Gasteiger partial charge on any atom is -0.545 e. The molecule has 6 heteroatoms. The molecule has 1 aromatic carbocycles. The Labute approximate surface area is 152 Å². The van der Waals surface area contributed by atoms with Crippen LogP contribution in [-0.4, -0.2) is 18.0 Å². The van der Waals surface area contributed by atoms with Gasteiger partial charge in [0.15, 0.2) is 0 Å². The van der Waals surface area contributed by atoms with E-state index in [1.807, 2.05) is 0 Å². The molecule has 1 N–H and O–H groups in total. The van der Waals surface area contributed by atoms with Crippen LogP contribution in [0.3, 0.4) is 0 Å². The maximum Gasteiger partial charge on any atom is 1.00 e. The summed E-state index contributed by atoms with van der Waals surface area (Å²) in [4.78, 5) is 22.2. The molecule has 0 radical (unpaired) electrons. The van der Waals surface area contributed by atoms with E-state index in [9.17, 15) is 19.1 Å². The van der Waals surface area contributed by atoms with Crippen LogP contribution in [0.2, 0.25) is 0 Å². The topological polar surface area (TPSA) is 69.2 Å². The molecule has 0 spiro atoms. The number of carbonyl (C=O) groups excluding carboxylic acids is 2. The number of halogens is 1. The van der Waals surface area contributed by atoms with Crippen molar-refractivity contribution in [1.82, 2.24) is 0 Å². The smallest absolute Gasteiger partial charge is 0.545 e. The summed E-state index contributed by atoms with van der Waals surface area (Å²) < 4.78 is 13.6. The first-order chi connectivity index (χ1) is 10.0. The second-order valence-electron chi connectivity index (χ2n) is 5.06. The maximum atomic E-state index is 13.6. The molecule has 22 heavy (non-hydrogen) atoms. The van der Waals surface area contributed by atoms with Gasteiger partial charge < -0.3 is 15.2 Å². The fourth-order valence-corrected chi connectivity index (χ4v) is 2.00. The van der Waals surface area contributed by atoms with Crippen LogP contribution in [0.4, 0.5) is 10.1 Å². The Morgan fingerprint density at radius 2 is 1.82 bits per heavy atom. The van der Waals surface area contributed by atoms with Crippen LogP contribution in [0, 0.1) is 0 Å². The zero-order valence-corrected chi connectivity index (χ0v) is 15.2. The number of carboxylic acid groups (broad SMARTS) is 1. The van der Waals surface area contributed by atoms with Gasteiger partial charge in [-0.3, -0.25) is 4.79 Å². The first-order valence-electron chi connectivity index (χ1n) is 7.28. The minimum atomic E-state index is -1.27. The number of aromatic carboxylic acids is 1. The molecule has 116 valence electrons. The summed E-state index contributed by atoms with van der Waals surface area (Å²) in [6, 6.07) is 5.58. The van der Waals surface area contributed by atoms with Crippen LogP contribution in [-0.2, 0) is 4.79 Å². The summed E-state index contributed by atoms with van der Waals surface area (Å²) >= 11 is 0. The Balaban J connectivity index is 0.00000441. The largest absolute Gasteiger partial charge is 1.00 e. The molecule has 0 aliphatic rings. The molecular formula is C16H21FNNaO3. The van der Waals surface area contributed by atoms with E-state index >= 15 is 0 Å². The average molecular weight is 317 g/mol. The summed E-state index contributed by atoms with van der Waals surface area (Å²) in [7, 11) is 0. The molecule has 4 nitrogen and oxygen atoms in total. The molecule has 1 rings (SSSR count). The molecule has 1 unspecified atom stereocenters. The molecule has 0 saturated carbocycles. The first kappa shape index (κ1) is 21.1. The standard InChI is InChI=1S/C16H22FNO3.Na/c1-2-3-4-5-6-13(17)11-15(19)18-14-9-7-12(8-10-14)16(20)21;/h7-10,13H,2-6,11H2,1H3,(H,18,19)(H,20,21);/q;+1/p-1. The molecule has 0 fully saturated rings. The molecule has 1 atom stereocenters. The second kappa shape index (κ2) is 11.6. The Kier molecular flexibility index (Phi) is 11.1. The monoisotopic (exact) mass is 317 g/mol. The van der Waals surface area contributed by atoms with Gasteiger partial charge in [0.2, 0.25) is 5.91 Å². The molecule has 0 aromatic heterocycles. The predicted molar refractivity (Wildman–Crippen MR) is 77.7 cm³/mol. The first-order valence-corrected chi connectivity index (χ1v) is 7.28. The number of hydrogen-bond donors (Lipinski definition) is 1. The Morgan fingerprint density at radius 1 is 1.18 bits per heavy atom. The number of rotatable bonds is 9. The number of anilines is 1. The van der Waals surface area contributed by atoms with Gasteiger partial charge in [-0.25, -0.2) is 4.39 Å². The van der Waals surface area contributed by atoms with E-state index < -0.39 is 18.0 Å². The van der Waals surface area contributed by atoms with E-state index in [2.05, 4.69) is 12.2 Å². The van der Waals surface area contributed by atoms with Crippen molar-refractivity contribution in [1.29, 1.82) is 0 Å². The van der Waals surface area contributed by atoms with Crippen LogP contribution in [0.1, 0.15) is 55.8 Å². The van der Waals surface area contributed by atoms with Gasteiger partial charge in [-0.1, -0.05) is 44.7 Å². The van der Waals surface area contributed by atoms with E-state index in [0.29, 0.717) is 12.1 Å². The van der Waals surface area contributed by atoms with Crippen LogP contribution in [0.15, 0.2) is 24.3 Å². The van der Waals surface area contributed by atoms with E-state index in [-0.39, 0.29) is 41.5 Å². The molecule has 0 saturated heterocycles. The number of hydrogen-bond acceptors (Lipinski definition) is 3. The zero-order valence-electron chi connectivity index (χ0n) is 13.2. The molecule has 1 aromatic rings. The number of unbranched alkanes of at least 4 members (excludes halogenated alkanes) is 3. The third kappa shape index (κ3) is 8.51. The summed E-state index contributed by atoms with van der Waals surface area (Å²) in [5, 5.41) is 13.1. The van der Waals surface area contributed by atoms with Crippen LogP contribution in [0.5, 0.6) is 0 Å². The van der Waals surface area contributed by atoms with Crippen molar-refractivity contribution >= 4 is 17.6 Å². The van der Waals surface area contributed by atoms with Crippen molar-refractivity contribution in [3.05, 3.63) is 29.8 Å². The predicted octanol–water partition coefficient (Wildman–Crippen LogP) is -0.309. The van der Waals surface area contributed by atoms with Crippen molar-refractivity contribution < 1.29 is 48.6 Å². The maximum absolute atomic E-state index is 13.6. The Morgan fingerprint density at radius 3 is 2.36 bits per heavy atom. The van der Waals surface area contributed by atoms with Crippen molar-refractivity contribution in [2.75, 3.05) is 5.32 Å². The van der Waals surface area contributed by atoms with Crippen molar-refractivity contribution in [2.24, 2.45) is 0 Å². The molecule has 1 amide bonds. The number of amides is 1. The van der Waals surface area contributed by atoms with Gasteiger partial charge in [-0.05, 0) is 24.1 Å². The fraction of sp³-hybridized carbons (Fsp3) is 0.500. The Bertz CT molecular complexity index is 465. The number of carboxylic acids is 1. The van der Waals surface area contributed by atoms with E-state index in [0.717, 1.165) is 25.7 Å². The van der Waals surface area contributed by atoms with Gasteiger partial charge in [-0.15, -0.1) is 0 Å². The van der Waals surface area contributed by atoms with Gasteiger partial charge in [0.05, 0.1) is 12.4 Å². The number of carbonyl (C=O) groups is 2. The van der Waals surface area contributed by atoms with Gasteiger partial charge in [0.25, 0.3) is 0 Å².